The van der Waals surface area contributed by atoms with Gasteiger partial charge in [0, 0.05) is 35.4 Å². The highest BCUT2D eigenvalue weighted by Crippen LogP contribution is 2.24. The Labute approximate surface area is 165 Å². The number of nitrogens with zero attached hydrogens (tertiary/aromatic N) is 1. The normalized spacial score (nSPS) is 14.5. The van der Waals surface area contributed by atoms with Gasteiger partial charge in [-0.2, -0.15) is 0 Å². The average Bonchev–Trinajstić information content (AvgIpc) is 3.09. The third kappa shape index (κ3) is 4.86. The number of carbonyl (C=O) groups excluding carboxylic acids is 2. The average molecular weight is 436 g/mol. The van der Waals surface area contributed by atoms with Crippen LogP contribution in [0.5, 0.6) is 0 Å². The summed E-state index contributed by atoms with van der Waals surface area (Å²) in [6.45, 7) is 3.72. The van der Waals surface area contributed by atoms with Gasteiger partial charge >= 0.3 is 6.03 Å². The van der Waals surface area contributed by atoms with E-state index in [0.717, 1.165) is 23.0 Å². The van der Waals surface area contributed by atoms with Crippen molar-refractivity contribution in [2.24, 2.45) is 0 Å². The molecule has 5 nitrogen and oxygen atoms in total. The van der Waals surface area contributed by atoms with Crippen LogP contribution in [0.4, 0.5) is 4.79 Å². The summed E-state index contributed by atoms with van der Waals surface area (Å²) in [6.07, 6.45) is 1.25. The van der Waals surface area contributed by atoms with Crippen LogP contribution < -0.4 is 10.6 Å². The molecule has 1 aromatic carbocycles. The van der Waals surface area contributed by atoms with Crippen molar-refractivity contribution in [3.05, 3.63) is 56.2 Å². The van der Waals surface area contributed by atoms with Crippen LogP contribution in [0, 0.1) is 0 Å². The van der Waals surface area contributed by atoms with Gasteiger partial charge in [0.25, 0.3) is 0 Å². The molecule has 1 aromatic heterocycles. The van der Waals surface area contributed by atoms with E-state index in [4.69, 9.17) is 0 Å². The van der Waals surface area contributed by atoms with Gasteiger partial charge in [-0.15, -0.1) is 11.3 Å². The summed E-state index contributed by atoms with van der Waals surface area (Å²) in [5, 5.41) is 7.74. The van der Waals surface area contributed by atoms with Crippen LogP contribution >= 0.6 is 27.3 Å². The van der Waals surface area contributed by atoms with E-state index in [1.807, 2.05) is 36.1 Å². The number of amides is 3. The van der Waals surface area contributed by atoms with Crippen molar-refractivity contribution in [1.82, 2.24) is 15.5 Å². The predicted molar refractivity (Wildman–Crippen MR) is 107 cm³/mol. The maximum absolute atomic E-state index is 12.3. The molecule has 2 N–H and O–H groups in total. The molecule has 7 heteroatoms. The Balaban J connectivity index is 1.39. The first-order chi connectivity index (χ1) is 12.5. The van der Waals surface area contributed by atoms with Crippen molar-refractivity contribution < 1.29 is 9.59 Å². The van der Waals surface area contributed by atoms with Crippen LogP contribution in [-0.2, 0) is 17.8 Å². The number of hydrogen-bond donors (Lipinski definition) is 2. The number of rotatable bonds is 5. The van der Waals surface area contributed by atoms with E-state index in [1.165, 1.54) is 10.4 Å². The van der Waals surface area contributed by atoms with E-state index < -0.39 is 0 Å². The molecule has 1 aliphatic heterocycles. The Morgan fingerprint density at radius 1 is 1.27 bits per heavy atom. The Morgan fingerprint density at radius 2 is 2.04 bits per heavy atom. The minimum Gasteiger partial charge on any atom is -0.338 e. The van der Waals surface area contributed by atoms with Crippen molar-refractivity contribution in [1.29, 1.82) is 0 Å². The van der Waals surface area contributed by atoms with E-state index in [2.05, 4.69) is 38.0 Å². The zero-order chi connectivity index (χ0) is 18.5. The van der Waals surface area contributed by atoms with E-state index in [1.54, 1.807) is 11.3 Å². The highest BCUT2D eigenvalue weighted by Gasteiger charge is 2.21. The zero-order valence-corrected chi connectivity index (χ0v) is 17.0. The second-order valence-corrected chi connectivity index (χ2v) is 8.27. The molecule has 0 aliphatic carbocycles. The summed E-state index contributed by atoms with van der Waals surface area (Å²) >= 11 is 5.16. The number of hydrogen-bond acceptors (Lipinski definition) is 3. The van der Waals surface area contributed by atoms with Gasteiger partial charge in [0.05, 0.1) is 6.04 Å². The van der Waals surface area contributed by atoms with Gasteiger partial charge < -0.3 is 15.5 Å². The van der Waals surface area contributed by atoms with Crippen molar-refractivity contribution >= 4 is 39.2 Å². The Kier molecular flexibility index (Phi) is 6.32. The van der Waals surface area contributed by atoms with Crippen LogP contribution in [0.15, 0.2) is 40.2 Å². The Bertz CT molecular complexity index is 775. The largest absolute Gasteiger partial charge is 0.338 e. The molecule has 0 saturated carbocycles. The minimum absolute atomic E-state index is 0.0862. The van der Waals surface area contributed by atoms with Crippen LogP contribution in [-0.4, -0.2) is 29.9 Å². The molecule has 0 fully saturated rings. The summed E-state index contributed by atoms with van der Waals surface area (Å²) in [5.74, 6) is 0.0862. The first kappa shape index (κ1) is 18.9. The number of halogens is 1. The molecule has 1 unspecified atom stereocenters. The monoisotopic (exact) mass is 435 g/mol. The molecule has 0 radical (unpaired) electrons. The fourth-order valence-corrected chi connectivity index (χ4v) is 4.14. The van der Waals surface area contributed by atoms with Gasteiger partial charge in [-0.05, 0) is 48.1 Å². The van der Waals surface area contributed by atoms with Crippen LogP contribution in [0.3, 0.4) is 0 Å². The number of nitrogens with one attached hydrogen (secondary N) is 2. The lowest BCUT2D eigenvalue weighted by atomic mass is 10.1. The smallest absolute Gasteiger partial charge is 0.315 e. The number of carbonyl (C=O) groups is 2. The van der Waals surface area contributed by atoms with Crippen molar-refractivity contribution in [3.63, 3.8) is 0 Å². The quantitative estimate of drug-likeness (QED) is 0.748. The van der Waals surface area contributed by atoms with Gasteiger partial charge in [0.2, 0.25) is 5.91 Å². The first-order valence-electron chi connectivity index (χ1n) is 8.66. The molecule has 0 saturated heterocycles. The van der Waals surface area contributed by atoms with E-state index in [-0.39, 0.29) is 18.0 Å². The van der Waals surface area contributed by atoms with E-state index >= 15 is 0 Å². The van der Waals surface area contributed by atoms with Crippen molar-refractivity contribution in [2.75, 3.05) is 13.1 Å². The fourth-order valence-electron chi connectivity index (χ4n) is 2.98. The molecule has 1 aliphatic rings. The van der Waals surface area contributed by atoms with Gasteiger partial charge in [0.1, 0.15) is 0 Å². The molecule has 2 aromatic rings. The molecular formula is C19H22BrN3O2S. The molecule has 3 rings (SSSR count). The molecule has 26 heavy (non-hydrogen) atoms. The summed E-state index contributed by atoms with van der Waals surface area (Å²) < 4.78 is 1.00. The third-order valence-electron chi connectivity index (χ3n) is 4.50. The Morgan fingerprint density at radius 3 is 2.81 bits per heavy atom. The second kappa shape index (κ2) is 8.68. The molecule has 0 bridgehead atoms. The number of fused-ring (bicyclic) bond motifs is 1. The summed E-state index contributed by atoms with van der Waals surface area (Å²) in [5.41, 5.74) is 2.28. The Hall–Kier alpha value is -1.86. The third-order valence-corrected chi connectivity index (χ3v) is 6.05. The van der Waals surface area contributed by atoms with Crippen molar-refractivity contribution in [3.8, 4) is 0 Å². The topological polar surface area (TPSA) is 61.4 Å². The van der Waals surface area contributed by atoms with Gasteiger partial charge in [-0.1, -0.05) is 28.1 Å². The fraction of sp³-hybridized carbons (Fsp3) is 0.368. The minimum atomic E-state index is -0.257. The van der Waals surface area contributed by atoms with Gasteiger partial charge in [-0.25, -0.2) is 4.79 Å². The molecular weight excluding hydrogens is 414 g/mol. The predicted octanol–water partition coefficient (Wildman–Crippen LogP) is 3.85. The number of thiophene rings is 1. The lowest BCUT2D eigenvalue weighted by Crippen LogP contribution is -2.40. The molecule has 138 valence electrons. The van der Waals surface area contributed by atoms with Gasteiger partial charge in [-0.3, -0.25) is 4.79 Å². The maximum atomic E-state index is 12.3. The molecule has 0 spiro atoms. The first-order valence-corrected chi connectivity index (χ1v) is 10.3. The molecule has 1 atom stereocenters. The number of urea groups is 1. The standard InChI is InChI=1S/C19H22BrN3O2S/c1-13(14-2-4-16(20)5-3-14)22-19(25)21-9-6-18(24)23-10-7-17-15(12-23)8-11-26-17/h2-5,8,11,13H,6-7,9-10,12H2,1H3,(H2,21,22,25). The maximum Gasteiger partial charge on any atom is 0.315 e. The lowest BCUT2D eigenvalue weighted by Gasteiger charge is -2.27. The number of benzene rings is 1. The SMILES string of the molecule is CC(NC(=O)NCCC(=O)N1CCc2sccc2C1)c1ccc(Br)cc1. The molecule has 3 amide bonds. The van der Waals surface area contributed by atoms with Crippen LogP contribution in [0.2, 0.25) is 0 Å². The second-order valence-electron chi connectivity index (χ2n) is 6.36. The highest BCUT2D eigenvalue weighted by atomic mass is 79.9. The lowest BCUT2D eigenvalue weighted by molar-refractivity contribution is -0.131. The van der Waals surface area contributed by atoms with Crippen LogP contribution in [0.25, 0.3) is 0 Å². The summed E-state index contributed by atoms with van der Waals surface area (Å²) in [6, 6.07) is 9.56. The highest BCUT2D eigenvalue weighted by molar-refractivity contribution is 9.10. The zero-order valence-electron chi connectivity index (χ0n) is 14.6. The van der Waals surface area contributed by atoms with Crippen LogP contribution in [0.1, 0.15) is 35.4 Å². The van der Waals surface area contributed by atoms with Crippen molar-refractivity contribution in [2.45, 2.75) is 32.4 Å². The van der Waals surface area contributed by atoms with E-state index in [9.17, 15) is 9.59 Å². The summed E-state index contributed by atoms with van der Waals surface area (Å²) in [4.78, 5) is 27.6. The summed E-state index contributed by atoms with van der Waals surface area (Å²) in [7, 11) is 0. The van der Waals surface area contributed by atoms with E-state index in [0.29, 0.717) is 19.5 Å². The van der Waals surface area contributed by atoms with Gasteiger partial charge in [0.15, 0.2) is 0 Å². The molecule has 2 heterocycles.